The summed E-state index contributed by atoms with van der Waals surface area (Å²) in [7, 11) is 6.20. The van der Waals surface area contributed by atoms with E-state index in [1.54, 1.807) is 19.2 Å². The summed E-state index contributed by atoms with van der Waals surface area (Å²) < 4.78 is 21.2. The van der Waals surface area contributed by atoms with Crippen LogP contribution >= 0.6 is 0 Å². The summed E-state index contributed by atoms with van der Waals surface area (Å²) in [5, 5.41) is 4.02. The largest absolute Gasteiger partial charge is 0.497 e. The minimum absolute atomic E-state index is 0.211. The maximum atomic E-state index is 12.6. The van der Waals surface area contributed by atoms with Crippen molar-refractivity contribution in [1.29, 1.82) is 0 Å². The highest BCUT2D eigenvalue weighted by molar-refractivity contribution is 5.95. The molecule has 0 unspecified atom stereocenters. The van der Waals surface area contributed by atoms with Gasteiger partial charge in [0.05, 0.1) is 28.4 Å². The fraction of sp³-hybridized carbons (Fsp3) is 0.286. The normalized spacial score (nSPS) is 10.6. The molecule has 7 heteroatoms. The van der Waals surface area contributed by atoms with Gasteiger partial charge in [-0.25, -0.2) is 0 Å². The molecular weight excluding hydrogens is 360 g/mol. The fourth-order valence-corrected chi connectivity index (χ4v) is 3.12. The monoisotopic (exact) mass is 384 g/mol. The lowest BCUT2D eigenvalue weighted by atomic mass is 10.1. The topological polar surface area (TPSA) is 81.8 Å². The zero-order valence-corrected chi connectivity index (χ0v) is 16.4. The van der Waals surface area contributed by atoms with Gasteiger partial charge < -0.3 is 29.2 Å². The SMILES string of the molecule is COc1ccc2[nH]cc(CCNC(=O)c3cc(OC)c(OC)c(OC)c3)c2c1. The molecule has 1 aromatic heterocycles. The molecule has 0 aliphatic rings. The number of nitrogens with one attached hydrogen (secondary N) is 2. The number of carbonyl (C=O) groups is 1. The van der Waals surface area contributed by atoms with E-state index in [2.05, 4.69) is 10.3 Å². The molecule has 3 aromatic rings. The second-order valence-corrected chi connectivity index (χ2v) is 6.15. The van der Waals surface area contributed by atoms with Crippen molar-refractivity contribution in [3.8, 4) is 23.0 Å². The first kappa shape index (κ1) is 19.4. The number of hydrogen-bond donors (Lipinski definition) is 2. The summed E-state index contributed by atoms with van der Waals surface area (Å²) in [4.78, 5) is 15.8. The number of amides is 1. The molecule has 1 heterocycles. The Labute approximate surface area is 163 Å². The number of fused-ring (bicyclic) bond motifs is 1. The third kappa shape index (κ3) is 3.83. The van der Waals surface area contributed by atoms with Gasteiger partial charge in [-0.15, -0.1) is 0 Å². The van der Waals surface area contributed by atoms with Gasteiger partial charge in [0.25, 0.3) is 5.91 Å². The zero-order chi connectivity index (χ0) is 20.1. The van der Waals surface area contributed by atoms with E-state index in [4.69, 9.17) is 18.9 Å². The van der Waals surface area contributed by atoms with Gasteiger partial charge in [0.15, 0.2) is 11.5 Å². The number of aromatic amines is 1. The lowest BCUT2D eigenvalue weighted by Gasteiger charge is -2.14. The highest BCUT2D eigenvalue weighted by Gasteiger charge is 2.17. The molecule has 0 bridgehead atoms. The number of benzene rings is 2. The molecule has 0 atom stereocenters. The van der Waals surface area contributed by atoms with Crippen LogP contribution in [0.25, 0.3) is 10.9 Å². The molecule has 0 aliphatic heterocycles. The van der Waals surface area contributed by atoms with Gasteiger partial charge in [-0.05, 0) is 42.3 Å². The van der Waals surface area contributed by atoms with E-state index in [0.717, 1.165) is 22.2 Å². The van der Waals surface area contributed by atoms with Crippen LogP contribution in [0.5, 0.6) is 23.0 Å². The van der Waals surface area contributed by atoms with E-state index in [1.165, 1.54) is 21.3 Å². The van der Waals surface area contributed by atoms with Crippen LogP contribution in [0.2, 0.25) is 0 Å². The van der Waals surface area contributed by atoms with Crippen molar-refractivity contribution in [2.24, 2.45) is 0 Å². The molecule has 2 N–H and O–H groups in total. The molecule has 0 saturated carbocycles. The van der Waals surface area contributed by atoms with Gasteiger partial charge in [-0.1, -0.05) is 0 Å². The van der Waals surface area contributed by atoms with E-state index >= 15 is 0 Å². The first-order chi connectivity index (χ1) is 13.6. The molecule has 1 amide bonds. The third-order valence-corrected chi connectivity index (χ3v) is 4.58. The van der Waals surface area contributed by atoms with Crippen LogP contribution in [0.1, 0.15) is 15.9 Å². The van der Waals surface area contributed by atoms with E-state index in [-0.39, 0.29) is 5.91 Å². The van der Waals surface area contributed by atoms with Crippen molar-refractivity contribution in [3.05, 3.63) is 47.7 Å². The number of carbonyl (C=O) groups excluding carboxylic acids is 1. The molecule has 0 spiro atoms. The summed E-state index contributed by atoms with van der Waals surface area (Å²) in [6.45, 7) is 0.486. The lowest BCUT2D eigenvalue weighted by molar-refractivity contribution is 0.0953. The maximum absolute atomic E-state index is 12.6. The minimum Gasteiger partial charge on any atom is -0.497 e. The van der Waals surface area contributed by atoms with Crippen LogP contribution < -0.4 is 24.3 Å². The third-order valence-electron chi connectivity index (χ3n) is 4.58. The van der Waals surface area contributed by atoms with Gasteiger partial charge in [-0.2, -0.15) is 0 Å². The Morgan fingerprint density at radius 1 is 0.964 bits per heavy atom. The Morgan fingerprint density at radius 2 is 1.68 bits per heavy atom. The second-order valence-electron chi connectivity index (χ2n) is 6.15. The Morgan fingerprint density at radius 3 is 2.29 bits per heavy atom. The van der Waals surface area contributed by atoms with E-state index in [9.17, 15) is 4.79 Å². The van der Waals surface area contributed by atoms with Gasteiger partial charge in [-0.3, -0.25) is 4.79 Å². The molecule has 0 aliphatic carbocycles. The number of rotatable bonds is 8. The number of H-pyrrole nitrogens is 1. The Balaban J connectivity index is 1.71. The Bertz CT molecular complexity index is 955. The van der Waals surface area contributed by atoms with Crippen LogP contribution in [0, 0.1) is 0 Å². The minimum atomic E-state index is -0.211. The molecule has 0 saturated heterocycles. The van der Waals surface area contributed by atoms with E-state index in [1.807, 2.05) is 24.4 Å². The van der Waals surface area contributed by atoms with Crippen LogP contribution in [0.3, 0.4) is 0 Å². The second kappa shape index (κ2) is 8.56. The molecule has 28 heavy (non-hydrogen) atoms. The number of aromatic nitrogens is 1. The number of ether oxygens (including phenoxy) is 4. The fourth-order valence-electron chi connectivity index (χ4n) is 3.12. The molecule has 148 valence electrons. The van der Waals surface area contributed by atoms with Crippen molar-refractivity contribution in [2.45, 2.75) is 6.42 Å². The van der Waals surface area contributed by atoms with E-state index < -0.39 is 0 Å². The first-order valence-corrected chi connectivity index (χ1v) is 8.83. The van der Waals surface area contributed by atoms with E-state index in [0.29, 0.717) is 35.8 Å². The van der Waals surface area contributed by atoms with Crippen LogP contribution in [0.15, 0.2) is 36.5 Å². The first-order valence-electron chi connectivity index (χ1n) is 8.83. The predicted molar refractivity (Wildman–Crippen MR) is 107 cm³/mol. The highest BCUT2D eigenvalue weighted by atomic mass is 16.5. The quantitative estimate of drug-likeness (QED) is 0.623. The molecular formula is C21H24N2O5. The number of hydrogen-bond acceptors (Lipinski definition) is 5. The maximum Gasteiger partial charge on any atom is 0.251 e. The molecule has 0 fully saturated rings. The number of methoxy groups -OCH3 is 4. The summed E-state index contributed by atoms with van der Waals surface area (Å²) in [5.41, 5.74) is 2.58. The lowest BCUT2D eigenvalue weighted by Crippen LogP contribution is -2.25. The Hall–Kier alpha value is -3.35. The van der Waals surface area contributed by atoms with Crippen LogP contribution in [-0.2, 0) is 6.42 Å². The summed E-state index contributed by atoms with van der Waals surface area (Å²) in [6, 6.07) is 9.14. The zero-order valence-electron chi connectivity index (χ0n) is 16.4. The van der Waals surface area contributed by atoms with Crippen molar-refractivity contribution < 1.29 is 23.7 Å². The summed E-state index contributed by atoms with van der Waals surface area (Å²) >= 11 is 0. The standard InChI is InChI=1S/C21H24N2O5/c1-25-15-5-6-17-16(11-15)13(12-23-17)7-8-22-21(24)14-9-18(26-2)20(28-4)19(10-14)27-3/h5-6,9-12,23H,7-8H2,1-4H3,(H,22,24). The summed E-state index contributed by atoms with van der Waals surface area (Å²) in [5.74, 6) is 1.92. The predicted octanol–water partition coefficient (Wildman–Crippen LogP) is 3.17. The highest BCUT2D eigenvalue weighted by Crippen LogP contribution is 2.38. The van der Waals surface area contributed by atoms with Crippen molar-refractivity contribution in [3.63, 3.8) is 0 Å². The molecule has 0 radical (unpaired) electrons. The van der Waals surface area contributed by atoms with Crippen LogP contribution in [0.4, 0.5) is 0 Å². The van der Waals surface area contributed by atoms with Gasteiger partial charge in [0, 0.05) is 29.2 Å². The van der Waals surface area contributed by atoms with Gasteiger partial charge in [0.1, 0.15) is 5.75 Å². The summed E-state index contributed by atoms with van der Waals surface area (Å²) in [6.07, 6.45) is 2.64. The van der Waals surface area contributed by atoms with Crippen molar-refractivity contribution in [1.82, 2.24) is 10.3 Å². The smallest absolute Gasteiger partial charge is 0.251 e. The van der Waals surface area contributed by atoms with Gasteiger partial charge >= 0.3 is 0 Å². The van der Waals surface area contributed by atoms with Crippen LogP contribution in [-0.4, -0.2) is 45.9 Å². The van der Waals surface area contributed by atoms with Crippen molar-refractivity contribution >= 4 is 16.8 Å². The van der Waals surface area contributed by atoms with Crippen molar-refractivity contribution in [2.75, 3.05) is 35.0 Å². The molecule has 3 rings (SSSR count). The average molecular weight is 384 g/mol. The molecule has 2 aromatic carbocycles. The van der Waals surface area contributed by atoms with Gasteiger partial charge in [0.2, 0.25) is 5.75 Å². The average Bonchev–Trinajstić information content (AvgIpc) is 3.14. The Kier molecular flexibility index (Phi) is 5.93. The molecule has 7 nitrogen and oxygen atoms in total.